The molecule has 1 aliphatic heterocycles. The minimum Gasteiger partial charge on any atom is -0.454 e. The number of rotatable bonds is 5. The molecule has 2 N–H and O–H groups in total. The zero-order chi connectivity index (χ0) is 19.0. The highest BCUT2D eigenvalue weighted by Gasteiger charge is 2.56. The van der Waals surface area contributed by atoms with Gasteiger partial charge in [-0.15, -0.1) is 0 Å². The molecule has 6 nitrogen and oxygen atoms in total. The molecule has 2 aromatic carbocycles. The summed E-state index contributed by atoms with van der Waals surface area (Å²) in [5, 5.41) is 5.79. The zero-order valence-corrected chi connectivity index (χ0v) is 15.4. The van der Waals surface area contributed by atoms with Gasteiger partial charge in [-0.05, 0) is 67.6 Å². The molecule has 0 atom stereocenters. The number of nitrogens with one attached hydrogen (secondary N) is 2. The zero-order valence-electron chi connectivity index (χ0n) is 15.4. The van der Waals surface area contributed by atoms with Crippen molar-refractivity contribution < 1.29 is 19.1 Å². The Balaban J connectivity index is 1.39. The second-order valence-corrected chi connectivity index (χ2v) is 7.28. The van der Waals surface area contributed by atoms with Crippen LogP contribution in [0.4, 0.5) is 5.69 Å². The lowest BCUT2D eigenvalue weighted by Crippen LogP contribution is -2.39. The number of carbonyl (C=O) groups excluding carboxylic acids is 2. The summed E-state index contributed by atoms with van der Waals surface area (Å²) < 4.78 is 10.6. The van der Waals surface area contributed by atoms with Gasteiger partial charge in [0, 0.05) is 12.2 Å². The number of benzene rings is 2. The van der Waals surface area contributed by atoms with Crippen LogP contribution in [-0.4, -0.2) is 18.6 Å². The van der Waals surface area contributed by atoms with E-state index in [0.29, 0.717) is 30.9 Å². The fraction of sp³-hybridized carbons (Fsp3) is 0.333. The van der Waals surface area contributed by atoms with Crippen LogP contribution in [0.15, 0.2) is 36.4 Å². The van der Waals surface area contributed by atoms with E-state index >= 15 is 0 Å². The van der Waals surface area contributed by atoms with Crippen LogP contribution >= 0.6 is 0 Å². The number of carbonyl (C=O) groups is 2. The first-order valence-corrected chi connectivity index (χ1v) is 9.03. The van der Waals surface area contributed by atoms with Crippen molar-refractivity contribution in [3.63, 3.8) is 0 Å². The Hall–Kier alpha value is -3.02. The summed E-state index contributed by atoms with van der Waals surface area (Å²) in [4.78, 5) is 25.4. The third-order valence-electron chi connectivity index (χ3n) is 4.99. The number of hydrogen-bond acceptors (Lipinski definition) is 4. The number of ether oxygens (including phenoxy) is 2. The third kappa shape index (κ3) is 3.47. The largest absolute Gasteiger partial charge is 0.454 e. The average molecular weight is 366 g/mol. The van der Waals surface area contributed by atoms with E-state index in [1.54, 1.807) is 0 Å². The van der Waals surface area contributed by atoms with Crippen LogP contribution in [0.3, 0.4) is 0 Å². The average Bonchev–Trinajstić information content (AvgIpc) is 3.31. The first-order valence-electron chi connectivity index (χ1n) is 9.03. The smallest absolute Gasteiger partial charge is 0.240 e. The molecule has 1 heterocycles. The molecule has 2 aliphatic rings. The molecule has 1 saturated carbocycles. The first-order chi connectivity index (χ1) is 13.0. The maximum absolute atomic E-state index is 12.7. The van der Waals surface area contributed by atoms with Crippen molar-refractivity contribution >= 4 is 17.5 Å². The predicted octanol–water partition coefficient (Wildman–Crippen LogP) is 3.07. The molecular formula is C21H22N2O4. The minimum atomic E-state index is -0.964. The van der Waals surface area contributed by atoms with Crippen LogP contribution in [0.1, 0.15) is 29.5 Å². The van der Waals surface area contributed by atoms with Gasteiger partial charge in [-0.2, -0.15) is 0 Å². The van der Waals surface area contributed by atoms with Gasteiger partial charge in [0.1, 0.15) is 5.41 Å². The van der Waals surface area contributed by atoms with Crippen molar-refractivity contribution in [2.45, 2.75) is 33.2 Å². The van der Waals surface area contributed by atoms with Crippen LogP contribution in [0, 0.1) is 19.3 Å². The molecule has 0 aromatic heterocycles. The predicted molar refractivity (Wildman–Crippen MR) is 101 cm³/mol. The molecule has 0 spiro atoms. The van der Waals surface area contributed by atoms with E-state index in [2.05, 4.69) is 10.6 Å². The molecule has 0 radical (unpaired) electrons. The Kier molecular flexibility index (Phi) is 4.26. The Morgan fingerprint density at radius 2 is 1.67 bits per heavy atom. The Labute approximate surface area is 157 Å². The standard InChI is InChI=1S/C21H22N2O4/c1-13-7-14(2)9-16(8-13)23-20(25)21(5-6-21)19(24)22-11-15-3-4-17-18(10-15)27-12-26-17/h3-4,7-10H,5-6,11-12H2,1-2H3,(H,22,24)(H,23,25). The summed E-state index contributed by atoms with van der Waals surface area (Å²) in [6.07, 6.45) is 1.13. The van der Waals surface area contributed by atoms with Crippen molar-refractivity contribution in [1.82, 2.24) is 5.32 Å². The van der Waals surface area contributed by atoms with Gasteiger partial charge < -0.3 is 20.1 Å². The summed E-state index contributed by atoms with van der Waals surface area (Å²) >= 11 is 0. The van der Waals surface area contributed by atoms with Gasteiger partial charge in [0.05, 0.1) is 0 Å². The molecule has 0 unspecified atom stereocenters. The van der Waals surface area contributed by atoms with Gasteiger partial charge in [-0.1, -0.05) is 12.1 Å². The molecule has 27 heavy (non-hydrogen) atoms. The fourth-order valence-corrected chi connectivity index (χ4v) is 3.38. The van der Waals surface area contributed by atoms with E-state index in [1.807, 2.05) is 50.2 Å². The van der Waals surface area contributed by atoms with Gasteiger partial charge in [-0.25, -0.2) is 0 Å². The van der Waals surface area contributed by atoms with Crippen LogP contribution < -0.4 is 20.1 Å². The highest BCUT2D eigenvalue weighted by atomic mass is 16.7. The van der Waals surface area contributed by atoms with Gasteiger partial charge in [0.15, 0.2) is 11.5 Å². The third-order valence-corrected chi connectivity index (χ3v) is 4.99. The van der Waals surface area contributed by atoms with Gasteiger partial charge in [0.2, 0.25) is 18.6 Å². The summed E-state index contributed by atoms with van der Waals surface area (Å²) in [5.41, 5.74) is 2.81. The van der Waals surface area contributed by atoms with Crippen molar-refractivity contribution in [3.05, 3.63) is 53.1 Å². The Bertz CT molecular complexity index is 898. The molecule has 4 rings (SSSR count). The summed E-state index contributed by atoms with van der Waals surface area (Å²) in [6, 6.07) is 11.4. The topological polar surface area (TPSA) is 76.7 Å². The number of anilines is 1. The van der Waals surface area contributed by atoms with E-state index in [1.165, 1.54) is 0 Å². The number of aryl methyl sites for hydroxylation is 2. The molecule has 0 bridgehead atoms. The lowest BCUT2D eigenvalue weighted by molar-refractivity contribution is -0.134. The van der Waals surface area contributed by atoms with Crippen LogP contribution in [-0.2, 0) is 16.1 Å². The SMILES string of the molecule is Cc1cc(C)cc(NC(=O)C2(C(=O)NCc3ccc4c(c3)OCO4)CC2)c1. The van der Waals surface area contributed by atoms with Gasteiger partial charge in [-0.3, -0.25) is 9.59 Å². The molecule has 6 heteroatoms. The molecule has 1 fully saturated rings. The lowest BCUT2D eigenvalue weighted by Gasteiger charge is -2.16. The molecule has 2 aromatic rings. The Morgan fingerprint density at radius 3 is 2.37 bits per heavy atom. The van der Waals surface area contributed by atoms with Gasteiger partial charge in [0.25, 0.3) is 0 Å². The number of amides is 2. The highest BCUT2D eigenvalue weighted by Crippen LogP contribution is 2.47. The fourth-order valence-electron chi connectivity index (χ4n) is 3.38. The quantitative estimate of drug-likeness (QED) is 0.798. The molecule has 0 saturated heterocycles. The molecule has 2 amide bonds. The normalized spacial score (nSPS) is 15.9. The van der Waals surface area contributed by atoms with E-state index in [4.69, 9.17) is 9.47 Å². The number of fused-ring (bicyclic) bond motifs is 1. The minimum absolute atomic E-state index is 0.215. The van der Waals surface area contributed by atoms with Crippen molar-refractivity contribution in [3.8, 4) is 11.5 Å². The second kappa shape index (κ2) is 6.61. The van der Waals surface area contributed by atoms with Crippen LogP contribution in [0.25, 0.3) is 0 Å². The first kappa shape index (κ1) is 17.4. The van der Waals surface area contributed by atoms with Crippen molar-refractivity contribution in [1.29, 1.82) is 0 Å². The second-order valence-electron chi connectivity index (χ2n) is 7.28. The number of hydrogen-bond donors (Lipinski definition) is 2. The maximum Gasteiger partial charge on any atom is 0.240 e. The monoisotopic (exact) mass is 366 g/mol. The molecule has 140 valence electrons. The Morgan fingerprint density at radius 1 is 0.963 bits per heavy atom. The van der Waals surface area contributed by atoms with Crippen molar-refractivity contribution in [2.24, 2.45) is 5.41 Å². The highest BCUT2D eigenvalue weighted by molar-refractivity contribution is 6.13. The van der Waals surface area contributed by atoms with Gasteiger partial charge >= 0.3 is 0 Å². The van der Waals surface area contributed by atoms with E-state index in [9.17, 15) is 9.59 Å². The van der Waals surface area contributed by atoms with E-state index in [-0.39, 0.29) is 18.6 Å². The summed E-state index contributed by atoms with van der Waals surface area (Å²) in [6.45, 7) is 4.52. The molecule has 1 aliphatic carbocycles. The maximum atomic E-state index is 12.7. The summed E-state index contributed by atoms with van der Waals surface area (Å²) in [5.74, 6) is 0.907. The summed E-state index contributed by atoms with van der Waals surface area (Å²) in [7, 11) is 0. The van der Waals surface area contributed by atoms with Crippen molar-refractivity contribution in [2.75, 3.05) is 12.1 Å². The van der Waals surface area contributed by atoms with E-state index in [0.717, 1.165) is 22.4 Å². The van der Waals surface area contributed by atoms with Crippen LogP contribution in [0.2, 0.25) is 0 Å². The molecular weight excluding hydrogens is 344 g/mol. The lowest BCUT2D eigenvalue weighted by atomic mass is 10.0. The van der Waals surface area contributed by atoms with E-state index < -0.39 is 5.41 Å². The van der Waals surface area contributed by atoms with Crippen LogP contribution in [0.5, 0.6) is 11.5 Å².